The lowest BCUT2D eigenvalue weighted by atomic mass is 10.0. The van der Waals surface area contributed by atoms with E-state index in [0.717, 1.165) is 19.1 Å². The molecule has 0 saturated heterocycles. The molecule has 0 aromatic heterocycles. The highest BCUT2D eigenvalue weighted by Gasteiger charge is 2.38. The van der Waals surface area contributed by atoms with Crippen molar-refractivity contribution in [2.45, 2.75) is 43.7 Å². The van der Waals surface area contributed by atoms with Crippen LogP contribution in [0.2, 0.25) is 0 Å². The third kappa shape index (κ3) is 5.59. The van der Waals surface area contributed by atoms with E-state index in [-0.39, 0.29) is 36.3 Å². The van der Waals surface area contributed by atoms with Gasteiger partial charge in [-0.2, -0.15) is 4.31 Å². The average Bonchev–Trinajstić information content (AvgIpc) is 3.52. The van der Waals surface area contributed by atoms with Gasteiger partial charge < -0.3 is 9.84 Å². The van der Waals surface area contributed by atoms with Crippen molar-refractivity contribution in [2.24, 2.45) is 11.8 Å². The molecule has 1 N–H and O–H groups in total. The zero-order valence-electron chi connectivity index (χ0n) is 18.3. The third-order valence-electron chi connectivity index (χ3n) is 5.67. The molecule has 3 atom stereocenters. The summed E-state index contributed by atoms with van der Waals surface area (Å²) in [6, 6.07) is 4.10. The van der Waals surface area contributed by atoms with Gasteiger partial charge in [-0.1, -0.05) is 18.8 Å². The minimum absolute atomic E-state index is 0.0105. The van der Waals surface area contributed by atoms with Gasteiger partial charge in [0.25, 0.3) is 0 Å². The number of aliphatic hydroxyl groups is 1. The van der Waals surface area contributed by atoms with Crippen molar-refractivity contribution in [3.8, 4) is 17.6 Å². The van der Waals surface area contributed by atoms with E-state index in [2.05, 4.69) is 11.8 Å². The Kier molecular flexibility index (Phi) is 7.03. The van der Waals surface area contributed by atoms with Gasteiger partial charge in [0, 0.05) is 37.0 Å². The van der Waals surface area contributed by atoms with Gasteiger partial charge in [0.1, 0.15) is 16.7 Å². The average molecular weight is 471 g/mol. The zero-order chi connectivity index (χ0) is 23.0. The highest BCUT2D eigenvalue weighted by molar-refractivity contribution is 7.89. The van der Waals surface area contributed by atoms with Crippen LogP contribution in [-0.4, -0.2) is 75.7 Å². The molecule has 1 heterocycles. The van der Waals surface area contributed by atoms with Crippen LogP contribution in [-0.2, 0) is 20.0 Å². The first kappa shape index (κ1) is 24.0. The first-order valence-electron chi connectivity index (χ1n) is 10.3. The summed E-state index contributed by atoms with van der Waals surface area (Å²) in [6.45, 7) is 3.28. The van der Waals surface area contributed by atoms with Crippen molar-refractivity contribution in [1.82, 2.24) is 8.61 Å². The number of hydrogen-bond donors (Lipinski definition) is 1. The Hall–Kier alpha value is -1.64. The van der Waals surface area contributed by atoms with Crippen LogP contribution in [0.25, 0.3) is 0 Å². The predicted octanol–water partition coefficient (Wildman–Crippen LogP) is 1.11. The number of ether oxygens (including phenoxy) is 1. The molecule has 10 heteroatoms. The molecule has 1 saturated carbocycles. The van der Waals surface area contributed by atoms with E-state index in [0.29, 0.717) is 11.5 Å². The van der Waals surface area contributed by atoms with E-state index >= 15 is 0 Å². The molecule has 0 unspecified atom stereocenters. The Balaban J connectivity index is 2.07. The molecular formula is C21H30N2O6S2. The van der Waals surface area contributed by atoms with Crippen molar-refractivity contribution < 1.29 is 26.7 Å². The van der Waals surface area contributed by atoms with Crippen molar-refractivity contribution in [2.75, 3.05) is 33.0 Å². The van der Waals surface area contributed by atoms with Crippen LogP contribution >= 0.6 is 0 Å². The summed E-state index contributed by atoms with van der Waals surface area (Å²) in [6.07, 6.45) is 2.68. The van der Waals surface area contributed by atoms with Crippen molar-refractivity contribution in [3.05, 3.63) is 23.8 Å². The smallest absolute Gasteiger partial charge is 0.247 e. The third-order valence-corrected chi connectivity index (χ3v) is 8.97. The molecule has 0 spiro atoms. The summed E-state index contributed by atoms with van der Waals surface area (Å²) in [5.41, 5.74) is 0.644. The highest BCUT2D eigenvalue weighted by atomic mass is 32.2. The van der Waals surface area contributed by atoms with Gasteiger partial charge in [-0.15, -0.1) is 0 Å². The molecule has 1 aliphatic heterocycles. The van der Waals surface area contributed by atoms with E-state index in [1.54, 1.807) is 19.1 Å². The summed E-state index contributed by atoms with van der Waals surface area (Å²) in [5.74, 6) is 6.43. The van der Waals surface area contributed by atoms with Crippen LogP contribution in [0.1, 0.15) is 32.3 Å². The number of benzene rings is 1. The molecule has 0 amide bonds. The number of likely N-dealkylation sites (N-methyl/N-ethyl adjacent to an activating group) is 1. The summed E-state index contributed by atoms with van der Waals surface area (Å²) < 4.78 is 59.3. The van der Waals surface area contributed by atoms with Crippen LogP contribution in [0.4, 0.5) is 0 Å². The predicted molar refractivity (Wildman–Crippen MR) is 118 cm³/mol. The van der Waals surface area contributed by atoms with E-state index in [1.165, 1.54) is 21.7 Å². The van der Waals surface area contributed by atoms with Gasteiger partial charge in [-0.05, 0) is 38.0 Å². The van der Waals surface area contributed by atoms with Crippen LogP contribution < -0.4 is 4.74 Å². The number of aliphatic hydroxyl groups excluding tert-OH is 1. The van der Waals surface area contributed by atoms with Crippen LogP contribution in [0.5, 0.6) is 5.75 Å². The van der Waals surface area contributed by atoms with Crippen molar-refractivity contribution in [3.63, 3.8) is 0 Å². The highest BCUT2D eigenvalue weighted by Crippen LogP contribution is 2.34. The Labute approximate surface area is 185 Å². The first-order valence-corrected chi connectivity index (χ1v) is 13.6. The fraction of sp³-hybridized carbons (Fsp3) is 0.619. The minimum atomic E-state index is -3.93. The first-order chi connectivity index (χ1) is 14.4. The summed E-state index contributed by atoms with van der Waals surface area (Å²) >= 11 is 0. The lowest BCUT2D eigenvalue weighted by Crippen LogP contribution is -2.50. The van der Waals surface area contributed by atoms with E-state index in [9.17, 15) is 21.9 Å². The molecule has 31 heavy (non-hydrogen) atoms. The Morgan fingerprint density at radius 3 is 2.61 bits per heavy atom. The van der Waals surface area contributed by atoms with Gasteiger partial charge >= 0.3 is 0 Å². The molecule has 172 valence electrons. The molecule has 1 aromatic carbocycles. The minimum Gasteiger partial charge on any atom is -0.487 e. The number of nitrogens with zero attached hydrogens (tertiary/aromatic N) is 2. The maximum Gasteiger partial charge on any atom is 0.247 e. The van der Waals surface area contributed by atoms with Gasteiger partial charge in [0.2, 0.25) is 20.0 Å². The van der Waals surface area contributed by atoms with E-state index in [1.807, 2.05) is 6.92 Å². The SMILES string of the molecule is C[C@@H]1CN([C@@H](C)CO)S(=O)(=O)c2ccc(C#CC3CC3)cc2O[C@H]1CN(C)S(C)(=O)=O. The van der Waals surface area contributed by atoms with Crippen LogP contribution in [0, 0.1) is 23.7 Å². The summed E-state index contributed by atoms with van der Waals surface area (Å²) in [7, 11) is -5.91. The molecule has 1 aliphatic carbocycles. The Bertz CT molecular complexity index is 1090. The normalized spacial score (nSPS) is 24.8. The topological polar surface area (TPSA) is 104 Å². The number of sulfonamides is 2. The van der Waals surface area contributed by atoms with Crippen molar-refractivity contribution >= 4 is 20.0 Å². The fourth-order valence-corrected chi connectivity index (χ4v) is 5.57. The summed E-state index contributed by atoms with van der Waals surface area (Å²) in [5, 5.41) is 9.66. The second kappa shape index (κ2) is 9.08. The Morgan fingerprint density at radius 1 is 1.35 bits per heavy atom. The number of rotatable bonds is 5. The van der Waals surface area contributed by atoms with Crippen LogP contribution in [0.3, 0.4) is 0 Å². The molecular weight excluding hydrogens is 440 g/mol. The van der Waals surface area contributed by atoms with E-state index in [4.69, 9.17) is 4.74 Å². The molecule has 3 rings (SSSR count). The molecule has 0 radical (unpaired) electrons. The van der Waals surface area contributed by atoms with Gasteiger partial charge in [0.05, 0.1) is 19.4 Å². The van der Waals surface area contributed by atoms with Gasteiger partial charge in [0.15, 0.2) is 0 Å². The lowest BCUT2D eigenvalue weighted by molar-refractivity contribution is 0.0905. The van der Waals surface area contributed by atoms with Gasteiger partial charge in [-0.25, -0.2) is 21.1 Å². The maximum atomic E-state index is 13.4. The second-order valence-corrected chi connectivity index (χ2v) is 12.4. The number of fused-ring (bicyclic) bond motifs is 1. The lowest BCUT2D eigenvalue weighted by Gasteiger charge is -2.37. The van der Waals surface area contributed by atoms with E-state index < -0.39 is 32.2 Å². The quantitative estimate of drug-likeness (QED) is 0.647. The molecule has 2 aliphatic rings. The van der Waals surface area contributed by atoms with Crippen LogP contribution in [0.15, 0.2) is 23.1 Å². The van der Waals surface area contributed by atoms with Gasteiger partial charge in [-0.3, -0.25) is 0 Å². The zero-order valence-corrected chi connectivity index (χ0v) is 19.9. The molecule has 0 bridgehead atoms. The monoisotopic (exact) mass is 470 g/mol. The molecule has 8 nitrogen and oxygen atoms in total. The fourth-order valence-electron chi connectivity index (χ4n) is 3.32. The molecule has 1 fully saturated rings. The Morgan fingerprint density at radius 2 is 2.03 bits per heavy atom. The molecule has 1 aromatic rings. The largest absolute Gasteiger partial charge is 0.487 e. The summed E-state index contributed by atoms with van der Waals surface area (Å²) in [4.78, 5) is -0.0105. The second-order valence-electron chi connectivity index (χ2n) is 8.49. The van der Waals surface area contributed by atoms with Crippen molar-refractivity contribution in [1.29, 1.82) is 0 Å². The maximum absolute atomic E-state index is 13.4. The number of hydrogen-bond acceptors (Lipinski definition) is 6. The standard InChI is InChI=1S/C21H30N2O6S2/c1-15-12-23(16(2)14-24)31(27,28)21-10-9-18(8-7-17-5-6-17)11-19(21)29-20(15)13-22(3)30(4,25)26/h9-11,15-17,20,24H,5-6,12-14H2,1-4H3/t15-,16+,20+/m1/s1.